The van der Waals surface area contributed by atoms with E-state index in [1.165, 1.54) is 5.56 Å². The highest BCUT2D eigenvalue weighted by Gasteiger charge is 2.20. The molecule has 2 aromatic carbocycles. The summed E-state index contributed by atoms with van der Waals surface area (Å²) in [6.45, 7) is 4.49. The predicted molar refractivity (Wildman–Crippen MR) is 107 cm³/mol. The van der Waals surface area contributed by atoms with Crippen molar-refractivity contribution in [2.45, 2.75) is 26.3 Å². The maximum atomic E-state index is 12.9. The highest BCUT2D eigenvalue weighted by Crippen LogP contribution is 2.24. The minimum atomic E-state index is -0.156. The summed E-state index contributed by atoms with van der Waals surface area (Å²) in [5.41, 5.74) is 4.30. The van der Waals surface area contributed by atoms with Gasteiger partial charge in [-0.2, -0.15) is 5.10 Å². The number of benzene rings is 2. The molecule has 1 aromatic heterocycles. The van der Waals surface area contributed by atoms with Gasteiger partial charge in [0.05, 0.1) is 17.9 Å². The van der Waals surface area contributed by atoms with Crippen LogP contribution in [0.25, 0.3) is 16.9 Å². The summed E-state index contributed by atoms with van der Waals surface area (Å²) in [5, 5.41) is 7.68. The SMILES string of the molecule is CCc1ccc(-c2nn(-c3ccccc3)cc2C(=O)NC(C)COC)cc1. The Labute approximate surface area is 160 Å². The predicted octanol–water partition coefficient (Wildman–Crippen LogP) is 3.87. The molecule has 1 unspecified atom stereocenters. The summed E-state index contributed by atoms with van der Waals surface area (Å²) in [4.78, 5) is 12.9. The molecule has 0 saturated carbocycles. The number of ether oxygens (including phenoxy) is 1. The Hall–Kier alpha value is -2.92. The van der Waals surface area contributed by atoms with Crippen LogP contribution in [0, 0.1) is 0 Å². The number of aromatic nitrogens is 2. The van der Waals surface area contributed by atoms with Gasteiger partial charge in [-0.25, -0.2) is 4.68 Å². The van der Waals surface area contributed by atoms with E-state index in [4.69, 9.17) is 9.84 Å². The van der Waals surface area contributed by atoms with Crippen LogP contribution in [0.1, 0.15) is 29.8 Å². The lowest BCUT2D eigenvalue weighted by Crippen LogP contribution is -2.35. The first-order valence-electron chi connectivity index (χ1n) is 9.16. The maximum absolute atomic E-state index is 12.9. The van der Waals surface area contributed by atoms with Crippen molar-refractivity contribution in [3.8, 4) is 16.9 Å². The van der Waals surface area contributed by atoms with E-state index in [0.717, 1.165) is 17.7 Å². The number of hydrogen-bond acceptors (Lipinski definition) is 3. The number of amides is 1. The molecule has 0 radical (unpaired) electrons. The fourth-order valence-corrected chi connectivity index (χ4v) is 2.96. The van der Waals surface area contributed by atoms with Gasteiger partial charge in [0, 0.05) is 24.9 Å². The molecule has 0 spiro atoms. The molecule has 0 aliphatic rings. The van der Waals surface area contributed by atoms with Gasteiger partial charge in [0.25, 0.3) is 5.91 Å². The molecule has 0 bridgehead atoms. The average Bonchev–Trinajstić information content (AvgIpc) is 3.14. The number of hydrogen-bond donors (Lipinski definition) is 1. The molecular formula is C22H25N3O2. The Morgan fingerprint density at radius 2 is 1.85 bits per heavy atom. The second-order valence-electron chi connectivity index (χ2n) is 6.55. The molecule has 3 rings (SSSR count). The lowest BCUT2D eigenvalue weighted by molar-refractivity contribution is 0.0906. The molecular weight excluding hydrogens is 338 g/mol. The Kier molecular flexibility index (Phi) is 6.04. The minimum Gasteiger partial charge on any atom is -0.383 e. The van der Waals surface area contributed by atoms with Crippen molar-refractivity contribution in [2.24, 2.45) is 0 Å². The molecule has 1 atom stereocenters. The second kappa shape index (κ2) is 8.64. The Balaban J connectivity index is 2.01. The maximum Gasteiger partial charge on any atom is 0.255 e. The van der Waals surface area contributed by atoms with Crippen LogP contribution in [-0.4, -0.2) is 35.4 Å². The third kappa shape index (κ3) is 4.44. The van der Waals surface area contributed by atoms with Crippen LogP contribution in [0.5, 0.6) is 0 Å². The molecule has 3 aromatic rings. The molecule has 1 amide bonds. The molecule has 0 aliphatic carbocycles. The summed E-state index contributed by atoms with van der Waals surface area (Å²) in [5.74, 6) is -0.156. The quantitative estimate of drug-likeness (QED) is 0.693. The van der Waals surface area contributed by atoms with Gasteiger partial charge in [-0.05, 0) is 31.0 Å². The molecule has 1 heterocycles. The standard InChI is InChI=1S/C22H25N3O2/c1-4-17-10-12-18(13-11-17)21-20(22(26)23-16(2)15-27-3)14-25(24-21)19-8-6-5-7-9-19/h5-14,16H,4,15H2,1-3H3,(H,23,26). The van der Waals surface area contributed by atoms with Crippen molar-refractivity contribution in [2.75, 3.05) is 13.7 Å². The van der Waals surface area contributed by atoms with E-state index in [1.807, 2.05) is 49.4 Å². The fourth-order valence-electron chi connectivity index (χ4n) is 2.96. The zero-order valence-corrected chi connectivity index (χ0v) is 16.0. The normalized spacial score (nSPS) is 12.0. The first-order chi connectivity index (χ1) is 13.1. The second-order valence-corrected chi connectivity index (χ2v) is 6.55. The highest BCUT2D eigenvalue weighted by molar-refractivity contribution is 6.00. The monoisotopic (exact) mass is 363 g/mol. The molecule has 140 valence electrons. The van der Waals surface area contributed by atoms with Gasteiger partial charge >= 0.3 is 0 Å². The van der Waals surface area contributed by atoms with Crippen molar-refractivity contribution in [3.05, 3.63) is 71.9 Å². The number of methoxy groups -OCH3 is 1. The van der Waals surface area contributed by atoms with Crippen LogP contribution in [-0.2, 0) is 11.2 Å². The van der Waals surface area contributed by atoms with E-state index < -0.39 is 0 Å². The number of carbonyl (C=O) groups is 1. The number of rotatable bonds is 7. The lowest BCUT2D eigenvalue weighted by Gasteiger charge is -2.12. The Bertz CT molecular complexity index is 886. The van der Waals surface area contributed by atoms with Crippen LogP contribution in [0.4, 0.5) is 0 Å². The van der Waals surface area contributed by atoms with Crippen LogP contribution in [0.2, 0.25) is 0 Å². The summed E-state index contributed by atoms with van der Waals surface area (Å²) < 4.78 is 6.87. The number of aryl methyl sites for hydroxylation is 1. The summed E-state index contributed by atoms with van der Waals surface area (Å²) in [6, 6.07) is 17.9. The van der Waals surface area contributed by atoms with Gasteiger partial charge in [0.2, 0.25) is 0 Å². The first-order valence-corrected chi connectivity index (χ1v) is 9.16. The topological polar surface area (TPSA) is 56.2 Å². The van der Waals surface area contributed by atoms with Gasteiger partial charge in [0.15, 0.2) is 0 Å². The molecule has 5 heteroatoms. The lowest BCUT2D eigenvalue weighted by atomic mass is 10.0. The Morgan fingerprint density at radius 3 is 2.48 bits per heavy atom. The van der Waals surface area contributed by atoms with E-state index >= 15 is 0 Å². The number of para-hydroxylation sites is 1. The fraction of sp³-hybridized carbons (Fsp3) is 0.273. The summed E-state index contributed by atoms with van der Waals surface area (Å²) in [6.07, 6.45) is 2.76. The van der Waals surface area contributed by atoms with Gasteiger partial charge < -0.3 is 10.1 Å². The van der Waals surface area contributed by atoms with E-state index in [1.54, 1.807) is 18.0 Å². The molecule has 5 nitrogen and oxygen atoms in total. The zero-order chi connectivity index (χ0) is 19.2. The molecule has 1 N–H and O–H groups in total. The van der Waals surface area contributed by atoms with Crippen LogP contribution < -0.4 is 5.32 Å². The average molecular weight is 363 g/mol. The van der Waals surface area contributed by atoms with Crippen LogP contribution in [0.3, 0.4) is 0 Å². The number of nitrogens with one attached hydrogen (secondary N) is 1. The Morgan fingerprint density at radius 1 is 1.15 bits per heavy atom. The van der Waals surface area contributed by atoms with Crippen LogP contribution >= 0.6 is 0 Å². The van der Waals surface area contributed by atoms with E-state index in [9.17, 15) is 4.79 Å². The van der Waals surface area contributed by atoms with E-state index in [2.05, 4.69) is 24.4 Å². The first kappa shape index (κ1) is 18.9. The molecule has 0 aliphatic heterocycles. The molecule has 27 heavy (non-hydrogen) atoms. The molecule has 0 saturated heterocycles. The summed E-state index contributed by atoms with van der Waals surface area (Å²) >= 11 is 0. The van der Waals surface area contributed by atoms with Crippen molar-refractivity contribution in [1.82, 2.24) is 15.1 Å². The van der Waals surface area contributed by atoms with Gasteiger partial charge in [0.1, 0.15) is 5.69 Å². The van der Waals surface area contributed by atoms with Crippen molar-refractivity contribution in [3.63, 3.8) is 0 Å². The van der Waals surface area contributed by atoms with Gasteiger partial charge in [-0.3, -0.25) is 4.79 Å². The van der Waals surface area contributed by atoms with E-state index in [0.29, 0.717) is 17.9 Å². The van der Waals surface area contributed by atoms with Crippen LogP contribution in [0.15, 0.2) is 60.8 Å². The third-order valence-corrected chi connectivity index (χ3v) is 4.41. The molecule has 0 fully saturated rings. The largest absolute Gasteiger partial charge is 0.383 e. The third-order valence-electron chi connectivity index (χ3n) is 4.41. The summed E-state index contributed by atoms with van der Waals surface area (Å²) in [7, 11) is 1.62. The van der Waals surface area contributed by atoms with Gasteiger partial charge in [-0.15, -0.1) is 0 Å². The minimum absolute atomic E-state index is 0.0853. The van der Waals surface area contributed by atoms with Gasteiger partial charge in [-0.1, -0.05) is 49.4 Å². The zero-order valence-electron chi connectivity index (χ0n) is 16.0. The van der Waals surface area contributed by atoms with E-state index in [-0.39, 0.29) is 11.9 Å². The van der Waals surface area contributed by atoms with Crippen molar-refractivity contribution < 1.29 is 9.53 Å². The smallest absolute Gasteiger partial charge is 0.255 e. The van der Waals surface area contributed by atoms with Crippen molar-refractivity contribution >= 4 is 5.91 Å². The van der Waals surface area contributed by atoms with Crippen molar-refractivity contribution in [1.29, 1.82) is 0 Å². The number of nitrogens with zero attached hydrogens (tertiary/aromatic N) is 2. The highest BCUT2D eigenvalue weighted by atomic mass is 16.5. The number of carbonyl (C=O) groups excluding carboxylic acids is 1.